The third-order valence-electron chi connectivity index (χ3n) is 16.3. The van der Waals surface area contributed by atoms with Gasteiger partial charge in [0.2, 0.25) is 17.7 Å². The van der Waals surface area contributed by atoms with E-state index in [2.05, 4.69) is 10.6 Å². The number of hydrogen-bond acceptors (Lipinski definition) is 18. The molecule has 658 valence electrons. The summed E-state index contributed by atoms with van der Waals surface area (Å²) in [6.07, 6.45) is -11.8. The Kier molecular flexibility index (Phi) is 40.8. The van der Waals surface area contributed by atoms with E-state index in [1.165, 1.54) is 56.0 Å². The molecule has 4 aliphatic rings. The summed E-state index contributed by atoms with van der Waals surface area (Å²) in [4.78, 5) is 124. The number of nitrogens with one attached hydrogen (secondary N) is 5. The zero-order valence-electron chi connectivity index (χ0n) is 65.2. The van der Waals surface area contributed by atoms with Crippen molar-refractivity contribution in [3.63, 3.8) is 0 Å². The molecule has 0 aromatic heterocycles. The predicted octanol–water partition coefficient (Wildman–Crippen LogP) is 9.60. The van der Waals surface area contributed by atoms with E-state index in [0.29, 0.717) is 119 Å². The third kappa shape index (κ3) is 36.8. The van der Waals surface area contributed by atoms with Crippen molar-refractivity contribution in [3.05, 3.63) is 165 Å². The highest BCUT2D eigenvalue weighted by atomic mass is 35.5. The van der Waals surface area contributed by atoms with Crippen LogP contribution in [0.4, 0.5) is 66.7 Å². The number of carboxylic acid groups (broad SMARTS) is 1. The molecule has 0 atom stereocenters. The van der Waals surface area contributed by atoms with Crippen LogP contribution in [0.15, 0.2) is 120 Å². The van der Waals surface area contributed by atoms with Gasteiger partial charge >= 0.3 is 36.7 Å². The van der Waals surface area contributed by atoms with Crippen molar-refractivity contribution in [1.29, 1.82) is 0 Å². The number of carboxylic acids is 1. The lowest BCUT2D eigenvalue weighted by atomic mass is 9.98. The molecule has 0 radical (unpaired) electrons. The van der Waals surface area contributed by atoms with Gasteiger partial charge in [-0.05, 0) is 162 Å². The van der Waals surface area contributed by atoms with E-state index >= 15 is 0 Å². The van der Waals surface area contributed by atoms with E-state index in [9.17, 15) is 105 Å². The van der Waals surface area contributed by atoms with Gasteiger partial charge in [-0.25, -0.2) is 27.2 Å². The fraction of sp³-hybridized carbons (Fsp3) is 0.447. The quantitative estimate of drug-likeness (QED) is 0.0234. The first-order valence-corrected chi connectivity index (χ1v) is 35.7. The van der Waals surface area contributed by atoms with Crippen molar-refractivity contribution in [1.82, 2.24) is 46.2 Å². The number of benzene rings is 4. The SMILES string of the molecule is CC(C)(C)OC(=O)NC/C(=C/F)COc1ccc2c(c1)CCN(CC(=O)NCC(F)(F)F)C2=O.CC(C)(C)OC(=O)NC/C(=C/F)COc1ccc2c(c1)CCN(CC(=O)O)C2=O.Cl.Cl.NC/C(=C/F)COc1ccc2c(c1)CCN(CC(=O)NCC(F)(F)F)C2=O.NC/C(=C/F)COc1ccc2c(c1)CCN(CC(=O)NCC(F)(F)F)C2=O. The zero-order valence-corrected chi connectivity index (χ0v) is 66.8. The molecule has 4 heterocycles. The van der Waals surface area contributed by atoms with Crippen LogP contribution in [-0.4, -0.2) is 239 Å². The maximum absolute atomic E-state index is 13.2. The maximum atomic E-state index is 13.2. The van der Waals surface area contributed by atoms with Crippen LogP contribution in [-0.2, 0) is 54.3 Å². The highest BCUT2D eigenvalue weighted by Gasteiger charge is 2.35. The van der Waals surface area contributed by atoms with Crippen molar-refractivity contribution in [2.45, 2.75) is 97.0 Å². The molecular weight excluding hydrogens is 1660 g/mol. The molecule has 0 spiro atoms. The summed E-state index contributed by atoms with van der Waals surface area (Å²) in [5.74, 6) is -3.77. The van der Waals surface area contributed by atoms with E-state index in [4.69, 9.17) is 45.0 Å². The molecular formula is C76H92Cl2F13N11O17. The topological polar surface area (TPSA) is 371 Å². The van der Waals surface area contributed by atoms with E-state index in [-0.39, 0.29) is 132 Å². The molecule has 0 bridgehead atoms. The Morgan fingerprint density at radius 1 is 0.395 bits per heavy atom. The van der Waals surface area contributed by atoms with Gasteiger partial charge in [-0.3, -0.25) is 38.4 Å². The van der Waals surface area contributed by atoms with Gasteiger partial charge in [-0.15, -0.1) is 24.8 Å². The van der Waals surface area contributed by atoms with Crippen LogP contribution in [0.2, 0.25) is 0 Å². The van der Waals surface area contributed by atoms with Crippen molar-refractivity contribution >= 4 is 84.3 Å². The fourth-order valence-corrected chi connectivity index (χ4v) is 10.7. The van der Waals surface area contributed by atoms with Crippen LogP contribution in [0.3, 0.4) is 0 Å². The predicted molar refractivity (Wildman–Crippen MR) is 409 cm³/mol. The van der Waals surface area contributed by atoms with E-state index in [0.717, 1.165) is 5.56 Å². The average Bonchev–Trinajstić information content (AvgIpc) is 0.818. The minimum atomic E-state index is -4.53. The van der Waals surface area contributed by atoms with Gasteiger partial charge in [0.25, 0.3) is 23.6 Å². The van der Waals surface area contributed by atoms with Gasteiger partial charge in [0.15, 0.2) is 0 Å². The summed E-state index contributed by atoms with van der Waals surface area (Å²) in [6.45, 7) is 4.56. The van der Waals surface area contributed by atoms with Crippen LogP contribution in [0.5, 0.6) is 23.0 Å². The molecule has 28 nitrogen and oxygen atoms in total. The number of amides is 9. The number of nitrogens with two attached hydrogens (primary N) is 2. The molecule has 119 heavy (non-hydrogen) atoms. The Labute approximate surface area is 687 Å². The number of aliphatic carboxylic acids is 1. The number of rotatable bonds is 29. The smallest absolute Gasteiger partial charge is 0.407 e. The first kappa shape index (κ1) is 102. The van der Waals surface area contributed by atoms with Crippen molar-refractivity contribution in [3.8, 4) is 23.0 Å². The number of fused-ring (bicyclic) bond motifs is 4. The van der Waals surface area contributed by atoms with Crippen molar-refractivity contribution < 1.29 is 139 Å². The number of alkyl halides is 9. The molecule has 0 saturated carbocycles. The summed E-state index contributed by atoms with van der Waals surface area (Å²) in [7, 11) is 0. The summed E-state index contributed by atoms with van der Waals surface area (Å²) in [6, 6.07) is 18.7. The second-order valence-electron chi connectivity index (χ2n) is 28.1. The molecule has 0 unspecified atom stereocenters. The van der Waals surface area contributed by atoms with Crippen LogP contribution in [0.1, 0.15) is 105 Å². The van der Waals surface area contributed by atoms with Gasteiger partial charge in [0, 0.05) is 96.9 Å². The number of alkyl carbamates (subject to hydrolysis) is 2. The molecule has 4 aromatic carbocycles. The second-order valence-corrected chi connectivity index (χ2v) is 28.1. The highest BCUT2D eigenvalue weighted by molar-refractivity contribution is 6.01. The van der Waals surface area contributed by atoms with Crippen LogP contribution in [0.25, 0.3) is 0 Å². The highest BCUT2D eigenvalue weighted by Crippen LogP contribution is 2.30. The molecule has 0 aliphatic carbocycles. The monoisotopic (exact) mass is 1750 g/mol. The van der Waals surface area contributed by atoms with Crippen LogP contribution in [0, 0.1) is 0 Å². The molecule has 10 N–H and O–H groups in total. The van der Waals surface area contributed by atoms with Crippen molar-refractivity contribution in [2.24, 2.45) is 11.5 Å². The molecule has 0 fully saturated rings. The molecule has 4 aliphatic heterocycles. The Bertz CT molecular complexity index is 4190. The van der Waals surface area contributed by atoms with Gasteiger partial charge in [0.05, 0.1) is 45.0 Å². The number of ether oxygens (including phenoxy) is 6. The number of carbonyl (C=O) groups excluding carboxylic acids is 9. The minimum absolute atomic E-state index is 0. The van der Waals surface area contributed by atoms with Gasteiger partial charge in [-0.2, -0.15) is 39.5 Å². The minimum Gasteiger partial charge on any atom is -0.489 e. The molecule has 0 saturated heterocycles. The lowest BCUT2D eigenvalue weighted by Crippen LogP contribution is -2.45. The van der Waals surface area contributed by atoms with Crippen LogP contribution < -0.4 is 57.0 Å². The summed E-state index contributed by atoms with van der Waals surface area (Å²) in [5.41, 5.74) is 14.4. The standard InChI is InChI=1S/C22H27F4N3O5.C20H25FN2O6.2C17H19F4N3O3.2ClH/c1-21(2,3)34-20(32)27-10-14(9-23)12-33-16-4-5-17-15(8-16)6-7-29(19(17)31)11-18(30)28-13-22(24,25)26;1-20(2,3)29-19(27)22-10-13(9-21)12-28-15-4-5-16-14(8-15)6-7-23(18(16)26)11-17(24)25;2*18-6-11(7-22)9-27-13-1-2-14-12(5-13)3-4-24(16(14)26)8-15(25)23-10-17(19,20)21;;/h4-5,8-9H,6-7,10-13H2,1-3H3,(H,27,32)(H,28,30);4-5,8-9H,6-7,10-12H2,1-3H3,(H,22,27)(H,24,25);2*1-2,5-6H,3-4,7-10,22H2,(H,23,25);2*1H/b14-9-;13-9-;2*11-6-;;. The molecule has 43 heteroatoms. The second kappa shape index (κ2) is 47.5. The van der Waals surface area contributed by atoms with E-state index < -0.39 is 123 Å². The lowest BCUT2D eigenvalue weighted by molar-refractivity contribution is -0.138. The van der Waals surface area contributed by atoms with Gasteiger partial charge in [-0.1, -0.05) is 0 Å². The summed E-state index contributed by atoms with van der Waals surface area (Å²) >= 11 is 0. The molecule has 9 amide bonds. The Balaban J connectivity index is 0.000000410. The zero-order chi connectivity index (χ0) is 87.2. The maximum Gasteiger partial charge on any atom is 0.407 e. The Morgan fingerprint density at radius 3 is 0.840 bits per heavy atom. The number of carbonyl (C=O) groups is 10. The largest absolute Gasteiger partial charge is 0.489 e. The lowest BCUT2D eigenvalue weighted by Gasteiger charge is -2.28. The number of hydrogen-bond donors (Lipinski definition) is 8. The van der Waals surface area contributed by atoms with Crippen molar-refractivity contribution in [2.75, 3.05) is 125 Å². The van der Waals surface area contributed by atoms with Crippen LogP contribution >= 0.6 is 24.8 Å². The first-order chi connectivity index (χ1) is 54.8. The van der Waals surface area contributed by atoms with E-state index in [1.807, 2.05) is 0 Å². The summed E-state index contributed by atoms with van der Waals surface area (Å²) in [5, 5.41) is 19.0. The number of nitrogens with zero attached hydrogens (tertiary/aromatic N) is 4. The Hall–Kier alpha value is -11.1. The van der Waals surface area contributed by atoms with E-state index in [1.54, 1.807) is 93.9 Å². The first-order valence-electron chi connectivity index (χ1n) is 35.7. The molecule has 4 aromatic rings. The van der Waals surface area contributed by atoms with Gasteiger partial charge in [0.1, 0.15) is 86.8 Å². The fourth-order valence-electron chi connectivity index (χ4n) is 10.7. The third-order valence-corrected chi connectivity index (χ3v) is 16.3. The molecule has 8 rings (SSSR count). The van der Waals surface area contributed by atoms with Gasteiger partial charge < -0.3 is 91.2 Å². The summed E-state index contributed by atoms with van der Waals surface area (Å²) < 4.78 is 193. The Morgan fingerprint density at radius 2 is 0.630 bits per heavy atom. The average molecular weight is 1750 g/mol. The normalized spacial score (nSPS) is 14.3. The number of halogens is 15.